The molecule has 1 aliphatic rings. The van der Waals surface area contributed by atoms with Gasteiger partial charge in [0.05, 0.1) is 20.3 Å². The largest absolute Gasteiger partial charge is 0.493 e. The molecule has 1 aliphatic carbocycles. The van der Waals surface area contributed by atoms with Crippen molar-refractivity contribution in [1.29, 1.82) is 0 Å². The van der Waals surface area contributed by atoms with Crippen LogP contribution >= 0.6 is 12.2 Å². The van der Waals surface area contributed by atoms with Gasteiger partial charge in [0.2, 0.25) is 0 Å². The molecular formula is C20H28N4O3S. The first-order chi connectivity index (χ1) is 13.6. The van der Waals surface area contributed by atoms with Crippen molar-refractivity contribution in [3.05, 3.63) is 34.4 Å². The third kappa shape index (κ3) is 5.13. The molecule has 7 nitrogen and oxygen atoms in total. The summed E-state index contributed by atoms with van der Waals surface area (Å²) in [5, 5.41) is 9.94. The van der Waals surface area contributed by atoms with E-state index in [-0.39, 0.29) is 5.91 Å². The predicted molar refractivity (Wildman–Crippen MR) is 109 cm³/mol. The van der Waals surface area contributed by atoms with Crippen LogP contribution in [0.1, 0.15) is 67.7 Å². The average molecular weight is 405 g/mol. The Labute approximate surface area is 170 Å². The Morgan fingerprint density at radius 3 is 2.86 bits per heavy atom. The van der Waals surface area contributed by atoms with E-state index in [0.29, 0.717) is 41.0 Å². The maximum atomic E-state index is 12.6. The smallest absolute Gasteiger partial charge is 0.251 e. The lowest BCUT2D eigenvalue weighted by molar-refractivity contribution is 0.0949. The molecule has 0 spiro atoms. The molecule has 0 aliphatic heterocycles. The molecule has 8 heteroatoms. The number of nitrogens with zero attached hydrogens (tertiary/aromatic N) is 2. The third-order valence-electron chi connectivity index (χ3n) is 4.78. The molecule has 3 rings (SSSR count). The molecule has 152 valence electrons. The van der Waals surface area contributed by atoms with Crippen molar-refractivity contribution in [3.8, 4) is 11.5 Å². The molecule has 0 unspecified atom stereocenters. The number of unbranched alkanes of at least 4 members (excludes halogenated alkanes) is 3. The van der Waals surface area contributed by atoms with E-state index < -0.39 is 0 Å². The molecule has 0 atom stereocenters. The van der Waals surface area contributed by atoms with Gasteiger partial charge in [-0.1, -0.05) is 26.2 Å². The van der Waals surface area contributed by atoms with Crippen molar-refractivity contribution < 1.29 is 14.3 Å². The topological polar surface area (TPSA) is 81.2 Å². The van der Waals surface area contributed by atoms with Crippen LogP contribution in [-0.4, -0.2) is 34.4 Å². The number of methoxy groups -OCH3 is 1. The van der Waals surface area contributed by atoms with Gasteiger partial charge < -0.3 is 14.8 Å². The molecule has 2 N–H and O–H groups in total. The number of benzene rings is 1. The van der Waals surface area contributed by atoms with Gasteiger partial charge in [0.25, 0.3) is 5.91 Å². The number of hydrogen-bond acceptors (Lipinski definition) is 5. The van der Waals surface area contributed by atoms with Crippen LogP contribution in [0, 0.1) is 4.77 Å². The fraction of sp³-hybridized carbons (Fsp3) is 0.550. The van der Waals surface area contributed by atoms with E-state index in [0.717, 1.165) is 31.5 Å². The minimum Gasteiger partial charge on any atom is -0.493 e. The summed E-state index contributed by atoms with van der Waals surface area (Å²) in [6.45, 7) is 3.15. The minimum atomic E-state index is -0.191. The lowest BCUT2D eigenvalue weighted by Gasteiger charge is -2.12. The van der Waals surface area contributed by atoms with Gasteiger partial charge in [0, 0.05) is 11.6 Å². The molecule has 28 heavy (non-hydrogen) atoms. The van der Waals surface area contributed by atoms with E-state index in [9.17, 15) is 4.79 Å². The highest BCUT2D eigenvalue weighted by Crippen LogP contribution is 2.35. The van der Waals surface area contributed by atoms with Crippen LogP contribution in [0.15, 0.2) is 18.2 Å². The zero-order valence-corrected chi connectivity index (χ0v) is 17.3. The van der Waals surface area contributed by atoms with E-state index >= 15 is 0 Å². The van der Waals surface area contributed by atoms with Crippen LogP contribution in [0.5, 0.6) is 11.5 Å². The van der Waals surface area contributed by atoms with Crippen molar-refractivity contribution in [1.82, 2.24) is 20.1 Å². The first-order valence-electron chi connectivity index (χ1n) is 9.88. The fourth-order valence-electron chi connectivity index (χ4n) is 3.07. The van der Waals surface area contributed by atoms with E-state index in [1.807, 2.05) is 4.57 Å². The molecule has 1 saturated carbocycles. The number of aromatic nitrogens is 3. The number of amides is 1. The van der Waals surface area contributed by atoms with Gasteiger partial charge in [-0.3, -0.25) is 14.5 Å². The molecule has 1 heterocycles. The van der Waals surface area contributed by atoms with E-state index in [4.69, 9.17) is 21.7 Å². The summed E-state index contributed by atoms with van der Waals surface area (Å²) in [6, 6.07) is 5.65. The number of aromatic amines is 1. The van der Waals surface area contributed by atoms with Crippen molar-refractivity contribution in [2.45, 2.75) is 58.0 Å². The summed E-state index contributed by atoms with van der Waals surface area (Å²) in [4.78, 5) is 12.6. The monoisotopic (exact) mass is 404 g/mol. The molecule has 1 amide bonds. The Balaban J connectivity index is 1.58. The highest BCUT2D eigenvalue weighted by molar-refractivity contribution is 7.71. The van der Waals surface area contributed by atoms with Gasteiger partial charge >= 0.3 is 0 Å². The van der Waals surface area contributed by atoms with Gasteiger partial charge in [0.15, 0.2) is 22.1 Å². The first-order valence-corrected chi connectivity index (χ1v) is 10.3. The molecule has 0 saturated heterocycles. The second kappa shape index (κ2) is 9.73. The fourth-order valence-corrected chi connectivity index (χ4v) is 3.37. The van der Waals surface area contributed by atoms with Crippen LogP contribution < -0.4 is 14.8 Å². The van der Waals surface area contributed by atoms with E-state index in [1.54, 1.807) is 25.3 Å². The normalized spacial score (nSPS) is 13.4. The number of H-pyrrole nitrogens is 1. The van der Waals surface area contributed by atoms with Gasteiger partial charge in [-0.15, -0.1) is 0 Å². The minimum absolute atomic E-state index is 0.191. The Hall–Kier alpha value is -2.35. The second-order valence-corrected chi connectivity index (χ2v) is 7.39. The lowest BCUT2D eigenvalue weighted by Crippen LogP contribution is -2.24. The molecule has 1 fully saturated rings. The SMILES string of the molecule is CCCCCCOc1ccc(C(=O)NCc2n[nH]c(=S)n2C2CC2)cc1OC. The summed E-state index contributed by atoms with van der Waals surface area (Å²) >= 11 is 5.27. The molecule has 1 aromatic heterocycles. The van der Waals surface area contributed by atoms with Crippen LogP contribution in [0.4, 0.5) is 0 Å². The Kier molecular flexibility index (Phi) is 7.08. The maximum Gasteiger partial charge on any atom is 0.251 e. The van der Waals surface area contributed by atoms with Gasteiger partial charge in [-0.05, 0) is 49.7 Å². The molecule has 0 bridgehead atoms. The number of rotatable bonds is 11. The van der Waals surface area contributed by atoms with Crippen LogP contribution in [0.25, 0.3) is 0 Å². The van der Waals surface area contributed by atoms with Crippen LogP contribution in [-0.2, 0) is 6.54 Å². The van der Waals surface area contributed by atoms with E-state index in [2.05, 4.69) is 22.4 Å². The zero-order valence-electron chi connectivity index (χ0n) is 16.5. The molecular weight excluding hydrogens is 376 g/mol. The van der Waals surface area contributed by atoms with Crippen molar-refractivity contribution in [2.24, 2.45) is 0 Å². The Morgan fingerprint density at radius 1 is 1.32 bits per heavy atom. The summed E-state index contributed by atoms with van der Waals surface area (Å²) in [7, 11) is 1.58. The van der Waals surface area contributed by atoms with Crippen molar-refractivity contribution >= 4 is 18.1 Å². The zero-order chi connectivity index (χ0) is 19.9. The predicted octanol–water partition coefficient (Wildman–Crippen LogP) is 4.17. The summed E-state index contributed by atoms with van der Waals surface area (Å²) in [6.07, 6.45) is 6.77. The number of carbonyl (C=O) groups excluding carboxylic acids is 1. The quantitative estimate of drug-likeness (QED) is 0.434. The van der Waals surface area contributed by atoms with Gasteiger partial charge in [-0.2, -0.15) is 5.10 Å². The number of ether oxygens (including phenoxy) is 2. The number of carbonyl (C=O) groups is 1. The van der Waals surface area contributed by atoms with Crippen molar-refractivity contribution in [2.75, 3.05) is 13.7 Å². The Bertz CT molecular complexity index is 857. The number of nitrogens with one attached hydrogen (secondary N) is 2. The standard InChI is InChI=1S/C20H28N4O3S/c1-3-4-5-6-11-27-16-10-7-14(12-17(16)26-2)19(25)21-13-18-22-23-20(28)24(18)15-8-9-15/h7,10,12,15H,3-6,8-9,11,13H2,1-2H3,(H,21,25)(H,23,28). The van der Waals surface area contributed by atoms with Crippen molar-refractivity contribution in [3.63, 3.8) is 0 Å². The highest BCUT2D eigenvalue weighted by atomic mass is 32.1. The molecule has 1 aromatic carbocycles. The summed E-state index contributed by atoms with van der Waals surface area (Å²) in [5.74, 6) is 1.78. The second-order valence-electron chi connectivity index (χ2n) is 7.00. The highest BCUT2D eigenvalue weighted by Gasteiger charge is 2.27. The third-order valence-corrected chi connectivity index (χ3v) is 5.07. The summed E-state index contributed by atoms with van der Waals surface area (Å²) in [5.41, 5.74) is 0.516. The Morgan fingerprint density at radius 2 is 2.14 bits per heavy atom. The van der Waals surface area contributed by atoms with Gasteiger partial charge in [0.1, 0.15) is 0 Å². The number of hydrogen-bond donors (Lipinski definition) is 2. The molecule has 0 radical (unpaired) electrons. The van der Waals surface area contributed by atoms with Gasteiger partial charge in [-0.25, -0.2) is 0 Å². The van der Waals surface area contributed by atoms with E-state index in [1.165, 1.54) is 12.8 Å². The van der Waals surface area contributed by atoms with Crippen LogP contribution in [0.2, 0.25) is 0 Å². The average Bonchev–Trinajstić information content (AvgIpc) is 3.48. The first kappa shape index (κ1) is 20.4. The maximum absolute atomic E-state index is 12.6. The lowest BCUT2D eigenvalue weighted by atomic mass is 10.2. The van der Waals surface area contributed by atoms with Crippen LogP contribution in [0.3, 0.4) is 0 Å². The summed E-state index contributed by atoms with van der Waals surface area (Å²) < 4.78 is 13.8. The molecule has 2 aromatic rings.